The molecule has 0 fully saturated rings. The lowest BCUT2D eigenvalue weighted by atomic mass is 10.5. The van der Waals surface area contributed by atoms with Crippen molar-refractivity contribution in [2.75, 3.05) is 0 Å². The lowest BCUT2D eigenvalue weighted by Gasteiger charge is -1.76. The van der Waals surface area contributed by atoms with Crippen molar-refractivity contribution in [3.05, 3.63) is 25.7 Å². The molecule has 10 heavy (non-hydrogen) atoms. The zero-order chi connectivity index (χ0) is 8.41. The highest BCUT2D eigenvalue weighted by Crippen LogP contribution is 1.67. The Kier molecular flexibility index (Phi) is 12.3. The lowest BCUT2D eigenvalue weighted by molar-refractivity contribution is -0.136. The first kappa shape index (κ1) is 11.5. The zero-order valence-electron chi connectivity index (χ0n) is 6.04. The highest BCUT2D eigenvalue weighted by molar-refractivity contribution is 5.66. The number of carboxylic acid groups (broad SMARTS) is 1. The summed E-state index contributed by atoms with van der Waals surface area (Å²) in [7, 11) is 0. The van der Waals surface area contributed by atoms with E-state index < -0.39 is 5.97 Å². The molecule has 3 nitrogen and oxygen atoms in total. The Balaban J connectivity index is 0. The van der Waals surface area contributed by atoms with Crippen molar-refractivity contribution in [2.24, 2.45) is 0 Å². The van der Waals surface area contributed by atoms with Crippen LogP contribution in [-0.4, -0.2) is 11.1 Å². The van der Waals surface area contributed by atoms with E-state index in [1.807, 2.05) is 0 Å². The molecule has 58 valence electrons. The third-order valence-corrected chi connectivity index (χ3v) is 0.495. The maximum absolute atomic E-state index is 9.37. The van der Waals surface area contributed by atoms with Gasteiger partial charge >= 0.3 is 5.97 Å². The molecule has 3 heteroatoms. The van der Waals surface area contributed by atoms with E-state index >= 15 is 0 Å². The van der Waals surface area contributed by atoms with Gasteiger partial charge in [0.25, 0.3) is 0 Å². The maximum Gasteiger partial charge on any atom is 0.303 e. The van der Waals surface area contributed by atoms with Crippen LogP contribution in [0.25, 0.3) is 0 Å². The van der Waals surface area contributed by atoms with Gasteiger partial charge in [0.1, 0.15) is 0 Å². The van der Waals surface area contributed by atoms with Gasteiger partial charge in [-0.1, -0.05) is 20.1 Å². The molecular formula is C7H12O3. The van der Waals surface area contributed by atoms with Crippen LogP contribution < -0.4 is 0 Å². The molecule has 0 aromatic heterocycles. The average molecular weight is 144 g/mol. The van der Waals surface area contributed by atoms with Crippen LogP contribution in [0, 0.1) is 0 Å². The summed E-state index contributed by atoms with van der Waals surface area (Å²) in [5, 5.41) is 7.72. The minimum atomic E-state index is -0.745. The van der Waals surface area contributed by atoms with Crippen LogP contribution >= 0.6 is 0 Å². The van der Waals surface area contributed by atoms with Gasteiger partial charge in [0.15, 0.2) is 0 Å². The fourth-order valence-electron chi connectivity index (χ4n) is 0.0680. The largest absolute Gasteiger partial charge is 0.481 e. The first-order valence-corrected chi connectivity index (χ1v) is 2.78. The normalized spacial score (nSPS) is 6.50. The van der Waals surface area contributed by atoms with Crippen molar-refractivity contribution in [3.63, 3.8) is 0 Å². The second kappa shape index (κ2) is 10.7. The van der Waals surface area contributed by atoms with E-state index in [-0.39, 0.29) is 6.42 Å². The third kappa shape index (κ3) is 29.5. The first-order valence-electron chi connectivity index (χ1n) is 2.78. The summed E-state index contributed by atoms with van der Waals surface area (Å²) in [6, 6.07) is 0. The average Bonchev–Trinajstić information content (AvgIpc) is 1.91. The summed E-state index contributed by atoms with van der Waals surface area (Å²) in [5.41, 5.74) is 0. The summed E-state index contributed by atoms with van der Waals surface area (Å²) in [5.74, 6) is -0.745. The van der Waals surface area contributed by atoms with E-state index in [1.165, 1.54) is 12.5 Å². The summed E-state index contributed by atoms with van der Waals surface area (Å²) in [6.45, 7) is 8.11. The van der Waals surface area contributed by atoms with Crippen LogP contribution in [-0.2, 0) is 9.53 Å². The highest BCUT2D eigenvalue weighted by Gasteiger charge is 1.80. The number of aliphatic carboxylic acids is 1. The monoisotopic (exact) mass is 144 g/mol. The van der Waals surface area contributed by atoms with Gasteiger partial charge in [-0.15, -0.1) is 0 Å². The molecule has 0 aliphatic carbocycles. The number of hydrogen-bond acceptors (Lipinski definition) is 2. The number of ether oxygens (including phenoxy) is 1. The molecule has 0 aliphatic heterocycles. The van der Waals surface area contributed by atoms with Gasteiger partial charge < -0.3 is 9.84 Å². The van der Waals surface area contributed by atoms with E-state index in [1.54, 1.807) is 6.92 Å². The van der Waals surface area contributed by atoms with Gasteiger partial charge in [-0.2, -0.15) is 0 Å². The zero-order valence-corrected chi connectivity index (χ0v) is 6.04. The summed E-state index contributed by atoms with van der Waals surface area (Å²) >= 11 is 0. The topological polar surface area (TPSA) is 46.5 Å². The molecule has 0 amide bonds. The van der Waals surface area contributed by atoms with Crippen molar-refractivity contribution in [1.29, 1.82) is 0 Å². The van der Waals surface area contributed by atoms with Crippen molar-refractivity contribution in [1.82, 2.24) is 0 Å². The van der Waals surface area contributed by atoms with E-state index in [9.17, 15) is 4.79 Å². The van der Waals surface area contributed by atoms with Gasteiger partial charge in [-0.05, 0) is 0 Å². The van der Waals surface area contributed by atoms with E-state index in [0.717, 1.165) is 0 Å². The molecule has 0 rings (SSSR count). The number of carboxylic acids is 1. The first-order chi connectivity index (χ1) is 4.68. The molecule has 0 aromatic rings. The Morgan fingerprint density at radius 3 is 1.90 bits per heavy atom. The SMILES string of the molecule is C=COC=C.CCC(=O)O. The van der Waals surface area contributed by atoms with Gasteiger partial charge in [0.05, 0.1) is 12.5 Å². The van der Waals surface area contributed by atoms with Gasteiger partial charge in [0, 0.05) is 6.42 Å². The van der Waals surface area contributed by atoms with Crippen molar-refractivity contribution in [3.8, 4) is 0 Å². The predicted molar refractivity (Wildman–Crippen MR) is 39.4 cm³/mol. The van der Waals surface area contributed by atoms with E-state index in [2.05, 4.69) is 17.9 Å². The van der Waals surface area contributed by atoms with Crippen LogP contribution in [0.5, 0.6) is 0 Å². The molecule has 0 saturated heterocycles. The van der Waals surface area contributed by atoms with Crippen molar-refractivity contribution in [2.45, 2.75) is 13.3 Å². The van der Waals surface area contributed by atoms with E-state index in [0.29, 0.717) is 0 Å². The van der Waals surface area contributed by atoms with Gasteiger partial charge in [-0.25, -0.2) is 0 Å². The summed E-state index contributed by atoms with van der Waals surface area (Å²) < 4.78 is 4.36. The van der Waals surface area contributed by atoms with Crippen LogP contribution in [0.3, 0.4) is 0 Å². The summed E-state index contributed by atoms with van der Waals surface area (Å²) in [4.78, 5) is 9.37. The Labute approximate surface area is 60.6 Å². The molecule has 0 atom stereocenters. The van der Waals surface area contributed by atoms with Gasteiger partial charge in [0.2, 0.25) is 0 Å². The Hall–Kier alpha value is -1.25. The molecule has 0 spiro atoms. The van der Waals surface area contributed by atoms with Crippen LogP contribution in [0.1, 0.15) is 13.3 Å². The van der Waals surface area contributed by atoms with Crippen LogP contribution in [0.4, 0.5) is 0 Å². The second-order valence-electron chi connectivity index (χ2n) is 1.22. The minimum absolute atomic E-state index is 0.222. The fourth-order valence-corrected chi connectivity index (χ4v) is 0.0680. The minimum Gasteiger partial charge on any atom is -0.481 e. The third-order valence-electron chi connectivity index (χ3n) is 0.495. The van der Waals surface area contributed by atoms with Crippen LogP contribution in [0.2, 0.25) is 0 Å². The second-order valence-corrected chi connectivity index (χ2v) is 1.22. The smallest absolute Gasteiger partial charge is 0.303 e. The molecular weight excluding hydrogens is 132 g/mol. The molecule has 1 N–H and O–H groups in total. The molecule has 0 aliphatic rings. The van der Waals surface area contributed by atoms with Crippen molar-refractivity contribution >= 4 is 5.97 Å². The van der Waals surface area contributed by atoms with Crippen LogP contribution in [0.15, 0.2) is 25.7 Å². The molecule has 0 radical (unpaired) electrons. The number of carbonyl (C=O) groups is 1. The van der Waals surface area contributed by atoms with Gasteiger partial charge in [-0.3, -0.25) is 4.79 Å². The Morgan fingerprint density at radius 1 is 1.60 bits per heavy atom. The van der Waals surface area contributed by atoms with E-state index in [4.69, 9.17) is 5.11 Å². The number of rotatable bonds is 3. The molecule has 0 bridgehead atoms. The fraction of sp³-hybridized carbons (Fsp3) is 0.286. The standard InChI is InChI=1S/C4H6O.C3H6O2/c1-3-5-4-2;1-2-3(4)5/h3-4H,1-2H2;2H2,1H3,(H,4,5). The lowest BCUT2D eigenvalue weighted by Crippen LogP contribution is -1.86. The number of hydrogen-bond donors (Lipinski definition) is 1. The maximum atomic E-state index is 9.37. The Bertz CT molecular complexity index is 101. The van der Waals surface area contributed by atoms with Crippen molar-refractivity contribution < 1.29 is 14.6 Å². The predicted octanol–water partition coefficient (Wildman–Crippen LogP) is 1.77. The Morgan fingerprint density at radius 2 is 1.90 bits per heavy atom. The molecule has 0 aromatic carbocycles. The highest BCUT2D eigenvalue weighted by atomic mass is 16.5. The molecule has 0 saturated carbocycles. The molecule has 0 heterocycles. The molecule has 0 unspecified atom stereocenters. The summed E-state index contributed by atoms with van der Waals surface area (Å²) in [6.07, 6.45) is 2.85. The quantitative estimate of drug-likeness (QED) is 0.614.